The summed E-state index contributed by atoms with van der Waals surface area (Å²) in [7, 11) is 1.30. The molecule has 0 aromatic carbocycles. The molecule has 1 unspecified atom stereocenters. The van der Waals surface area contributed by atoms with Gasteiger partial charge in [0.15, 0.2) is 6.04 Å². The Labute approximate surface area is 101 Å². The summed E-state index contributed by atoms with van der Waals surface area (Å²) >= 11 is 0. The molecule has 1 atom stereocenters. The molecule has 0 N–H and O–H groups in total. The molecule has 98 valence electrons. The predicted octanol–water partition coefficient (Wildman–Crippen LogP) is -0.187. The summed E-state index contributed by atoms with van der Waals surface area (Å²) in [5.74, 6) is -0.648. The van der Waals surface area contributed by atoms with E-state index in [1.165, 1.54) is 12.0 Å². The van der Waals surface area contributed by atoms with Gasteiger partial charge in [-0.1, -0.05) is 6.92 Å². The van der Waals surface area contributed by atoms with Gasteiger partial charge in [0, 0.05) is 13.2 Å². The zero-order valence-electron chi connectivity index (χ0n) is 10.3. The maximum absolute atomic E-state index is 11.8. The van der Waals surface area contributed by atoms with Crippen LogP contribution in [0.4, 0.5) is 0 Å². The van der Waals surface area contributed by atoms with Gasteiger partial charge in [-0.15, -0.1) is 0 Å². The Morgan fingerprint density at radius 1 is 1.47 bits per heavy atom. The highest BCUT2D eigenvalue weighted by Gasteiger charge is 2.33. The van der Waals surface area contributed by atoms with Crippen LogP contribution >= 0.6 is 0 Å². The van der Waals surface area contributed by atoms with E-state index in [0.29, 0.717) is 19.8 Å². The first-order chi connectivity index (χ1) is 8.20. The lowest BCUT2D eigenvalue weighted by molar-refractivity contribution is -0.162. The maximum Gasteiger partial charge on any atom is 0.331 e. The molecular formula is C11H19NO5. The number of hydrogen-bond donors (Lipinski definition) is 0. The van der Waals surface area contributed by atoms with Crippen molar-refractivity contribution in [3.63, 3.8) is 0 Å². The first kappa shape index (κ1) is 13.9. The molecule has 1 saturated heterocycles. The van der Waals surface area contributed by atoms with E-state index in [0.717, 1.165) is 6.42 Å². The van der Waals surface area contributed by atoms with Crippen molar-refractivity contribution < 1.29 is 23.8 Å². The minimum absolute atomic E-state index is 0.00132. The number of hydrogen-bond acceptors (Lipinski definition) is 5. The van der Waals surface area contributed by atoms with E-state index < -0.39 is 12.0 Å². The lowest BCUT2D eigenvalue weighted by atomic mass is 10.2. The third kappa shape index (κ3) is 3.98. The fraction of sp³-hybridized carbons (Fsp3) is 0.818. The standard InChI is InChI=1S/C11H19NO5/c1-3-5-16-8-10(13)12-4-6-17-7-9(12)11(14)15-2/h9H,3-8H2,1-2H3. The van der Waals surface area contributed by atoms with Crippen molar-refractivity contribution in [1.29, 1.82) is 0 Å². The van der Waals surface area contributed by atoms with E-state index in [4.69, 9.17) is 9.47 Å². The van der Waals surface area contributed by atoms with Crippen LogP contribution in [0.1, 0.15) is 13.3 Å². The fourth-order valence-corrected chi connectivity index (χ4v) is 1.62. The number of carbonyl (C=O) groups is 2. The third-order valence-corrected chi connectivity index (χ3v) is 2.50. The summed E-state index contributed by atoms with van der Waals surface area (Å²) in [6, 6.07) is -0.647. The highest BCUT2D eigenvalue weighted by Crippen LogP contribution is 2.09. The Bertz CT molecular complexity index is 269. The highest BCUT2D eigenvalue weighted by molar-refractivity contribution is 5.85. The summed E-state index contributed by atoms with van der Waals surface area (Å²) < 4.78 is 15.0. The molecule has 0 saturated carbocycles. The van der Waals surface area contributed by atoms with Crippen molar-refractivity contribution >= 4 is 11.9 Å². The maximum atomic E-state index is 11.8. The van der Waals surface area contributed by atoms with Crippen LogP contribution in [0.3, 0.4) is 0 Å². The number of nitrogens with zero attached hydrogens (tertiary/aromatic N) is 1. The largest absolute Gasteiger partial charge is 0.467 e. The van der Waals surface area contributed by atoms with Gasteiger partial charge in [0.2, 0.25) is 5.91 Å². The number of esters is 1. The van der Waals surface area contributed by atoms with Crippen molar-refractivity contribution in [2.75, 3.05) is 40.1 Å². The Kier molecular flexibility index (Phi) is 5.93. The SMILES string of the molecule is CCCOCC(=O)N1CCOCC1C(=O)OC. The van der Waals surface area contributed by atoms with E-state index in [2.05, 4.69) is 4.74 Å². The van der Waals surface area contributed by atoms with Crippen LogP contribution in [0.5, 0.6) is 0 Å². The number of rotatable bonds is 5. The number of ether oxygens (including phenoxy) is 3. The average Bonchev–Trinajstić information content (AvgIpc) is 2.38. The number of methoxy groups -OCH3 is 1. The number of morpholine rings is 1. The number of amides is 1. The Morgan fingerprint density at radius 3 is 2.88 bits per heavy atom. The lowest BCUT2D eigenvalue weighted by Crippen LogP contribution is -2.54. The van der Waals surface area contributed by atoms with Crippen molar-refractivity contribution in [2.24, 2.45) is 0 Å². The molecule has 17 heavy (non-hydrogen) atoms. The Balaban J connectivity index is 2.52. The van der Waals surface area contributed by atoms with Crippen LogP contribution in [0.25, 0.3) is 0 Å². The molecular weight excluding hydrogens is 226 g/mol. The van der Waals surface area contributed by atoms with Crippen LogP contribution < -0.4 is 0 Å². The molecule has 1 fully saturated rings. The van der Waals surface area contributed by atoms with Crippen molar-refractivity contribution in [3.8, 4) is 0 Å². The van der Waals surface area contributed by atoms with Gasteiger partial charge in [-0.3, -0.25) is 4.79 Å². The van der Waals surface area contributed by atoms with Gasteiger partial charge >= 0.3 is 5.97 Å². The van der Waals surface area contributed by atoms with E-state index in [9.17, 15) is 9.59 Å². The molecule has 0 bridgehead atoms. The topological polar surface area (TPSA) is 65.1 Å². The molecule has 1 aliphatic heterocycles. The Morgan fingerprint density at radius 2 is 2.24 bits per heavy atom. The third-order valence-electron chi connectivity index (χ3n) is 2.50. The van der Waals surface area contributed by atoms with Gasteiger partial charge < -0.3 is 19.1 Å². The summed E-state index contributed by atoms with van der Waals surface area (Å²) in [5, 5.41) is 0. The van der Waals surface area contributed by atoms with E-state index >= 15 is 0 Å². The summed E-state index contributed by atoms with van der Waals surface area (Å²) in [6.45, 7) is 3.53. The second kappa shape index (κ2) is 7.24. The van der Waals surface area contributed by atoms with Crippen LogP contribution in [0.2, 0.25) is 0 Å². The molecule has 0 radical (unpaired) electrons. The first-order valence-electron chi connectivity index (χ1n) is 5.73. The molecule has 0 aromatic heterocycles. The zero-order chi connectivity index (χ0) is 12.7. The second-order valence-electron chi connectivity index (χ2n) is 3.75. The highest BCUT2D eigenvalue weighted by atomic mass is 16.5. The van der Waals surface area contributed by atoms with Crippen LogP contribution in [0.15, 0.2) is 0 Å². The Hall–Kier alpha value is -1.14. The summed E-state index contributed by atoms with van der Waals surface area (Å²) in [4.78, 5) is 24.8. The van der Waals surface area contributed by atoms with Gasteiger partial charge in [-0.05, 0) is 6.42 Å². The van der Waals surface area contributed by atoms with Crippen molar-refractivity contribution in [2.45, 2.75) is 19.4 Å². The zero-order valence-corrected chi connectivity index (χ0v) is 10.3. The summed E-state index contributed by atoms with van der Waals surface area (Å²) in [6.07, 6.45) is 0.858. The van der Waals surface area contributed by atoms with Crippen LogP contribution in [-0.4, -0.2) is 62.9 Å². The molecule has 1 aliphatic rings. The summed E-state index contributed by atoms with van der Waals surface area (Å²) in [5.41, 5.74) is 0. The molecule has 1 heterocycles. The van der Waals surface area contributed by atoms with Crippen LogP contribution in [-0.2, 0) is 23.8 Å². The van der Waals surface area contributed by atoms with Gasteiger partial charge in [0.1, 0.15) is 6.61 Å². The molecule has 0 aromatic rings. The smallest absolute Gasteiger partial charge is 0.331 e. The minimum Gasteiger partial charge on any atom is -0.467 e. The first-order valence-corrected chi connectivity index (χ1v) is 5.73. The van der Waals surface area contributed by atoms with E-state index in [1.807, 2.05) is 6.92 Å². The molecule has 6 heteroatoms. The monoisotopic (exact) mass is 245 g/mol. The van der Waals surface area contributed by atoms with Crippen LogP contribution in [0, 0.1) is 0 Å². The second-order valence-corrected chi connectivity index (χ2v) is 3.75. The molecule has 0 spiro atoms. The average molecular weight is 245 g/mol. The fourth-order valence-electron chi connectivity index (χ4n) is 1.62. The molecule has 1 rings (SSSR count). The quantitative estimate of drug-likeness (QED) is 0.496. The van der Waals surface area contributed by atoms with Gasteiger partial charge in [0.05, 0.1) is 20.3 Å². The lowest BCUT2D eigenvalue weighted by Gasteiger charge is -2.33. The molecule has 0 aliphatic carbocycles. The molecule has 6 nitrogen and oxygen atoms in total. The van der Waals surface area contributed by atoms with Gasteiger partial charge in [0.25, 0.3) is 0 Å². The van der Waals surface area contributed by atoms with E-state index in [1.54, 1.807) is 0 Å². The number of carbonyl (C=O) groups excluding carboxylic acids is 2. The predicted molar refractivity (Wildman–Crippen MR) is 59.4 cm³/mol. The molecule has 1 amide bonds. The van der Waals surface area contributed by atoms with E-state index in [-0.39, 0.29) is 19.1 Å². The normalized spacial score (nSPS) is 20.1. The minimum atomic E-state index is -0.647. The van der Waals surface area contributed by atoms with Gasteiger partial charge in [-0.2, -0.15) is 0 Å². The van der Waals surface area contributed by atoms with Gasteiger partial charge in [-0.25, -0.2) is 4.79 Å². The van der Waals surface area contributed by atoms with Crippen molar-refractivity contribution in [3.05, 3.63) is 0 Å². The van der Waals surface area contributed by atoms with Crippen molar-refractivity contribution in [1.82, 2.24) is 4.90 Å².